The lowest BCUT2D eigenvalue weighted by Gasteiger charge is -2.44. The Hall–Kier alpha value is -1.88. The number of hydrogen-bond acceptors (Lipinski definition) is 3. The molecule has 0 spiro atoms. The second-order valence-corrected chi connectivity index (χ2v) is 7.82. The topological polar surface area (TPSA) is 52.7 Å². The van der Waals surface area contributed by atoms with Gasteiger partial charge in [0.15, 0.2) is 0 Å². The largest absolute Gasteiger partial charge is 0.336 e. The number of piperazine rings is 1. The first-order chi connectivity index (χ1) is 12.1. The van der Waals surface area contributed by atoms with Gasteiger partial charge in [0.05, 0.1) is 0 Å². The molecule has 134 valence electrons. The molecule has 5 nitrogen and oxygen atoms in total. The number of carbonyl (C=O) groups excluding carboxylic acids is 2. The number of fused-ring (bicyclic) bond motifs is 1. The summed E-state index contributed by atoms with van der Waals surface area (Å²) in [7, 11) is 0. The lowest BCUT2D eigenvalue weighted by molar-refractivity contribution is -0.117. The Labute approximate surface area is 149 Å². The van der Waals surface area contributed by atoms with Crippen molar-refractivity contribution in [1.82, 2.24) is 9.80 Å². The number of nitrogens with zero attached hydrogens (tertiary/aromatic N) is 2. The van der Waals surface area contributed by atoms with Gasteiger partial charge in [0.2, 0.25) is 5.91 Å². The molecule has 1 aliphatic carbocycles. The minimum atomic E-state index is 0.0972. The number of amides is 2. The van der Waals surface area contributed by atoms with Crippen LogP contribution in [0.1, 0.15) is 43.0 Å². The molecule has 3 aliphatic rings. The van der Waals surface area contributed by atoms with Crippen molar-refractivity contribution in [2.75, 3.05) is 31.5 Å². The summed E-state index contributed by atoms with van der Waals surface area (Å²) in [5, 5.41) is 2.95. The molecule has 2 aliphatic heterocycles. The van der Waals surface area contributed by atoms with Crippen LogP contribution in [-0.2, 0) is 4.79 Å². The van der Waals surface area contributed by atoms with Gasteiger partial charge in [0.1, 0.15) is 0 Å². The van der Waals surface area contributed by atoms with Crippen LogP contribution < -0.4 is 5.32 Å². The number of carbonyl (C=O) groups is 2. The number of nitrogens with one attached hydrogen (secondary N) is 1. The molecular formula is C20H27N3O2. The van der Waals surface area contributed by atoms with Crippen molar-refractivity contribution in [1.29, 1.82) is 0 Å². The smallest absolute Gasteiger partial charge is 0.253 e. The van der Waals surface area contributed by atoms with Crippen LogP contribution in [0.15, 0.2) is 24.3 Å². The van der Waals surface area contributed by atoms with Crippen LogP contribution in [0.3, 0.4) is 0 Å². The van der Waals surface area contributed by atoms with E-state index in [1.54, 1.807) is 0 Å². The minimum Gasteiger partial charge on any atom is -0.336 e. The number of anilines is 1. The molecule has 4 rings (SSSR count). The maximum absolute atomic E-state index is 12.8. The molecule has 2 amide bonds. The van der Waals surface area contributed by atoms with Crippen LogP contribution >= 0.6 is 0 Å². The van der Waals surface area contributed by atoms with E-state index in [0.29, 0.717) is 17.5 Å². The first-order valence-corrected chi connectivity index (χ1v) is 9.56. The summed E-state index contributed by atoms with van der Waals surface area (Å²) in [5.41, 5.74) is 1.49. The number of rotatable bonds is 3. The summed E-state index contributed by atoms with van der Waals surface area (Å²) in [6, 6.07) is 7.89. The van der Waals surface area contributed by atoms with Crippen molar-refractivity contribution in [2.45, 2.75) is 38.6 Å². The van der Waals surface area contributed by atoms with Gasteiger partial charge in [0.25, 0.3) is 5.91 Å². The first-order valence-electron chi connectivity index (χ1n) is 9.56. The average molecular weight is 341 g/mol. The third kappa shape index (κ3) is 3.56. The fourth-order valence-electron chi connectivity index (χ4n) is 4.14. The summed E-state index contributed by atoms with van der Waals surface area (Å²) in [6.45, 7) is 5.92. The zero-order chi connectivity index (χ0) is 17.4. The fourth-order valence-corrected chi connectivity index (χ4v) is 4.14. The SMILES string of the molecule is CC1CC1C(=O)Nc1ccc(C(=O)N2CCN3CCCCC3C2)cc1. The third-order valence-corrected chi connectivity index (χ3v) is 5.97. The Morgan fingerprint density at radius 1 is 1.08 bits per heavy atom. The number of benzene rings is 1. The van der Waals surface area contributed by atoms with Crippen molar-refractivity contribution in [2.24, 2.45) is 11.8 Å². The predicted octanol–water partition coefficient (Wildman–Crippen LogP) is 2.59. The zero-order valence-electron chi connectivity index (χ0n) is 14.9. The van der Waals surface area contributed by atoms with Gasteiger partial charge in [-0.1, -0.05) is 13.3 Å². The van der Waals surface area contributed by atoms with Gasteiger partial charge in [-0.2, -0.15) is 0 Å². The fraction of sp³-hybridized carbons (Fsp3) is 0.600. The quantitative estimate of drug-likeness (QED) is 0.919. The average Bonchev–Trinajstić information content (AvgIpc) is 3.38. The Bertz CT molecular complexity index is 657. The van der Waals surface area contributed by atoms with Crippen LogP contribution in [0, 0.1) is 11.8 Å². The van der Waals surface area contributed by atoms with E-state index in [9.17, 15) is 9.59 Å². The van der Waals surface area contributed by atoms with Gasteiger partial charge in [-0.05, 0) is 56.0 Å². The number of hydrogen-bond donors (Lipinski definition) is 1. The zero-order valence-corrected chi connectivity index (χ0v) is 14.9. The van der Waals surface area contributed by atoms with Gasteiger partial charge in [0, 0.05) is 42.8 Å². The molecule has 2 saturated heterocycles. The lowest BCUT2D eigenvalue weighted by Crippen LogP contribution is -2.56. The normalized spacial score (nSPS) is 29.0. The van der Waals surface area contributed by atoms with Gasteiger partial charge in [-0.25, -0.2) is 0 Å². The van der Waals surface area contributed by atoms with E-state index < -0.39 is 0 Å². The van der Waals surface area contributed by atoms with Gasteiger partial charge >= 0.3 is 0 Å². The molecule has 1 aromatic rings. The molecule has 3 atom stereocenters. The Morgan fingerprint density at radius 2 is 1.84 bits per heavy atom. The van der Waals surface area contributed by atoms with E-state index in [1.165, 1.54) is 25.8 Å². The van der Waals surface area contributed by atoms with E-state index in [1.807, 2.05) is 29.2 Å². The van der Waals surface area contributed by atoms with E-state index in [-0.39, 0.29) is 17.7 Å². The van der Waals surface area contributed by atoms with Crippen LogP contribution in [0.5, 0.6) is 0 Å². The summed E-state index contributed by atoms with van der Waals surface area (Å²) >= 11 is 0. The van der Waals surface area contributed by atoms with Gasteiger partial charge in [-0.3, -0.25) is 14.5 Å². The Kier molecular flexibility index (Phi) is 4.50. The molecule has 0 bridgehead atoms. The van der Waals surface area contributed by atoms with E-state index in [4.69, 9.17) is 0 Å². The van der Waals surface area contributed by atoms with E-state index in [0.717, 1.165) is 31.7 Å². The number of piperidine rings is 1. The highest BCUT2D eigenvalue weighted by Gasteiger charge is 2.39. The maximum atomic E-state index is 12.8. The Morgan fingerprint density at radius 3 is 2.56 bits per heavy atom. The highest BCUT2D eigenvalue weighted by Crippen LogP contribution is 2.38. The summed E-state index contributed by atoms with van der Waals surface area (Å²) in [6.07, 6.45) is 4.75. The first kappa shape index (κ1) is 16.6. The van der Waals surface area contributed by atoms with E-state index >= 15 is 0 Å². The highest BCUT2D eigenvalue weighted by molar-refractivity contribution is 5.97. The van der Waals surface area contributed by atoms with Crippen LogP contribution in [0.25, 0.3) is 0 Å². The minimum absolute atomic E-state index is 0.0972. The Balaban J connectivity index is 1.36. The molecule has 3 unspecified atom stereocenters. The third-order valence-electron chi connectivity index (χ3n) is 5.97. The predicted molar refractivity (Wildman–Crippen MR) is 97.5 cm³/mol. The second kappa shape index (κ2) is 6.79. The summed E-state index contributed by atoms with van der Waals surface area (Å²) in [4.78, 5) is 29.3. The van der Waals surface area contributed by atoms with Crippen molar-refractivity contribution in [3.05, 3.63) is 29.8 Å². The second-order valence-electron chi connectivity index (χ2n) is 7.82. The molecule has 25 heavy (non-hydrogen) atoms. The van der Waals surface area contributed by atoms with Crippen molar-refractivity contribution >= 4 is 17.5 Å². The molecule has 0 radical (unpaired) electrons. The monoisotopic (exact) mass is 341 g/mol. The highest BCUT2D eigenvalue weighted by atomic mass is 16.2. The van der Waals surface area contributed by atoms with E-state index in [2.05, 4.69) is 17.1 Å². The maximum Gasteiger partial charge on any atom is 0.253 e. The van der Waals surface area contributed by atoms with Crippen molar-refractivity contribution in [3.63, 3.8) is 0 Å². The van der Waals surface area contributed by atoms with Crippen molar-refractivity contribution < 1.29 is 9.59 Å². The van der Waals surface area contributed by atoms with Crippen molar-refractivity contribution in [3.8, 4) is 0 Å². The molecule has 5 heteroatoms. The summed E-state index contributed by atoms with van der Waals surface area (Å²) in [5.74, 6) is 0.867. The molecule has 2 heterocycles. The van der Waals surface area contributed by atoms with Gasteiger partial charge in [-0.15, -0.1) is 0 Å². The standard InChI is InChI=1S/C20H27N3O2/c1-14-12-18(14)19(24)21-16-7-5-15(6-8-16)20(25)23-11-10-22-9-3-2-4-17(22)13-23/h5-8,14,17-18H,2-4,9-13H2,1H3,(H,21,24). The molecule has 0 aromatic heterocycles. The van der Waals surface area contributed by atoms with Crippen LogP contribution in [0.4, 0.5) is 5.69 Å². The lowest BCUT2D eigenvalue weighted by atomic mass is 9.99. The molecule has 1 aromatic carbocycles. The molecule has 1 saturated carbocycles. The molecule has 1 N–H and O–H groups in total. The van der Waals surface area contributed by atoms with Crippen LogP contribution in [-0.4, -0.2) is 53.8 Å². The molecule has 3 fully saturated rings. The van der Waals surface area contributed by atoms with Gasteiger partial charge < -0.3 is 10.2 Å². The van der Waals surface area contributed by atoms with Crippen LogP contribution in [0.2, 0.25) is 0 Å². The summed E-state index contributed by atoms with van der Waals surface area (Å²) < 4.78 is 0. The molecular weight excluding hydrogens is 314 g/mol.